The average Bonchev–Trinajstić information content (AvgIpc) is 2.55. The molecule has 1 atom stereocenters. The van der Waals surface area contributed by atoms with Gasteiger partial charge in [0.2, 0.25) is 0 Å². The Labute approximate surface area is 80.8 Å². The molecule has 1 heterocycles. The van der Waals surface area contributed by atoms with Crippen molar-refractivity contribution in [3.8, 4) is 0 Å². The summed E-state index contributed by atoms with van der Waals surface area (Å²) in [5, 5.41) is 3.39. The quantitative estimate of drug-likeness (QED) is 0.633. The predicted octanol–water partition coefficient (Wildman–Crippen LogP) is 1.18. The summed E-state index contributed by atoms with van der Waals surface area (Å²) in [6.07, 6.45) is 2.86. The van der Waals surface area contributed by atoms with E-state index in [1.54, 1.807) is 0 Å². The van der Waals surface area contributed by atoms with Gasteiger partial charge in [0, 0.05) is 6.04 Å². The molecule has 1 rings (SSSR count). The zero-order valence-electron chi connectivity index (χ0n) is 8.71. The fourth-order valence-electron chi connectivity index (χ4n) is 1.47. The lowest BCUT2D eigenvalue weighted by atomic mass is 10.2. The van der Waals surface area contributed by atoms with Crippen molar-refractivity contribution in [3.05, 3.63) is 0 Å². The predicted molar refractivity (Wildman–Crippen MR) is 52.9 cm³/mol. The third-order valence-electron chi connectivity index (χ3n) is 2.16. The van der Waals surface area contributed by atoms with E-state index in [0.717, 1.165) is 19.8 Å². The van der Waals surface area contributed by atoms with Gasteiger partial charge in [-0.05, 0) is 33.2 Å². The Hall–Kier alpha value is -0.120. The van der Waals surface area contributed by atoms with Crippen LogP contribution in [0.2, 0.25) is 0 Å². The minimum atomic E-state index is 0.313. The molecule has 0 radical (unpaired) electrons. The summed E-state index contributed by atoms with van der Waals surface area (Å²) in [5.41, 5.74) is 0. The van der Waals surface area contributed by atoms with Gasteiger partial charge < -0.3 is 14.8 Å². The van der Waals surface area contributed by atoms with Crippen LogP contribution in [0.25, 0.3) is 0 Å². The van der Waals surface area contributed by atoms with E-state index in [-0.39, 0.29) is 0 Å². The zero-order valence-corrected chi connectivity index (χ0v) is 8.71. The van der Waals surface area contributed by atoms with Crippen LogP contribution in [0.5, 0.6) is 0 Å². The minimum Gasteiger partial charge on any atom is -0.377 e. The number of nitrogens with one attached hydrogen (secondary N) is 1. The molecule has 0 aromatic heterocycles. The first-order chi connectivity index (χ1) is 6.29. The van der Waals surface area contributed by atoms with E-state index in [1.165, 1.54) is 12.8 Å². The highest BCUT2D eigenvalue weighted by molar-refractivity contribution is 4.73. The van der Waals surface area contributed by atoms with E-state index in [1.807, 2.05) is 13.8 Å². The smallest absolute Gasteiger partial charge is 0.0703 e. The molecule has 78 valence electrons. The number of hydrogen-bond donors (Lipinski definition) is 1. The minimum absolute atomic E-state index is 0.313. The van der Waals surface area contributed by atoms with E-state index in [9.17, 15) is 0 Å². The molecule has 3 heteroatoms. The van der Waals surface area contributed by atoms with E-state index in [2.05, 4.69) is 5.32 Å². The third-order valence-corrected chi connectivity index (χ3v) is 2.16. The molecule has 0 saturated carbocycles. The van der Waals surface area contributed by atoms with Crippen LogP contribution < -0.4 is 5.32 Å². The van der Waals surface area contributed by atoms with E-state index >= 15 is 0 Å². The van der Waals surface area contributed by atoms with Crippen LogP contribution in [0.3, 0.4) is 0 Å². The molecule has 0 bridgehead atoms. The topological polar surface area (TPSA) is 30.5 Å². The average molecular weight is 187 g/mol. The van der Waals surface area contributed by atoms with Crippen molar-refractivity contribution >= 4 is 0 Å². The molecular weight excluding hydrogens is 166 g/mol. The van der Waals surface area contributed by atoms with Gasteiger partial charge in [-0.3, -0.25) is 0 Å². The van der Waals surface area contributed by atoms with Crippen molar-refractivity contribution in [3.63, 3.8) is 0 Å². The maximum Gasteiger partial charge on any atom is 0.0703 e. The number of ether oxygens (including phenoxy) is 2. The van der Waals surface area contributed by atoms with E-state index in [4.69, 9.17) is 9.47 Å². The van der Waals surface area contributed by atoms with Crippen LogP contribution in [0.15, 0.2) is 0 Å². The van der Waals surface area contributed by atoms with Crippen LogP contribution in [-0.2, 0) is 9.47 Å². The summed E-state index contributed by atoms with van der Waals surface area (Å²) < 4.78 is 10.8. The molecule has 0 aromatic carbocycles. The van der Waals surface area contributed by atoms with Crippen molar-refractivity contribution in [2.75, 3.05) is 26.4 Å². The van der Waals surface area contributed by atoms with Gasteiger partial charge in [0.05, 0.1) is 25.9 Å². The first kappa shape index (κ1) is 11.0. The molecule has 0 spiro atoms. The van der Waals surface area contributed by atoms with Crippen molar-refractivity contribution in [1.29, 1.82) is 0 Å². The highest BCUT2D eigenvalue weighted by Gasteiger charge is 2.13. The first-order valence-electron chi connectivity index (χ1n) is 5.22. The second kappa shape index (κ2) is 6.35. The van der Waals surface area contributed by atoms with Crippen LogP contribution in [0.4, 0.5) is 0 Å². The molecule has 0 unspecified atom stereocenters. The summed E-state index contributed by atoms with van der Waals surface area (Å²) in [5.74, 6) is 0. The van der Waals surface area contributed by atoms with Gasteiger partial charge in [0.15, 0.2) is 0 Å². The Balaban J connectivity index is 1.83. The molecule has 0 amide bonds. The standard InChI is InChI=1S/C10H21NO2/c1-9(2)13-7-6-12-8-10-4-3-5-11-10/h9-11H,3-8H2,1-2H3/t10-/m0/s1. The van der Waals surface area contributed by atoms with Gasteiger partial charge >= 0.3 is 0 Å². The second-order valence-electron chi connectivity index (χ2n) is 3.79. The summed E-state index contributed by atoms with van der Waals surface area (Å²) in [4.78, 5) is 0. The lowest BCUT2D eigenvalue weighted by Gasteiger charge is -2.11. The monoisotopic (exact) mass is 187 g/mol. The van der Waals surface area contributed by atoms with E-state index in [0.29, 0.717) is 18.8 Å². The molecular formula is C10H21NO2. The van der Waals surface area contributed by atoms with Gasteiger partial charge in [-0.25, -0.2) is 0 Å². The molecule has 1 N–H and O–H groups in total. The lowest BCUT2D eigenvalue weighted by Crippen LogP contribution is -2.27. The van der Waals surface area contributed by atoms with E-state index < -0.39 is 0 Å². The van der Waals surface area contributed by atoms with Crippen molar-refractivity contribution in [2.45, 2.75) is 38.8 Å². The third kappa shape index (κ3) is 5.24. The molecule has 1 aliphatic heterocycles. The molecule has 0 aliphatic carbocycles. The zero-order chi connectivity index (χ0) is 9.52. The summed E-state index contributed by atoms with van der Waals surface area (Å²) in [7, 11) is 0. The highest BCUT2D eigenvalue weighted by Crippen LogP contribution is 2.04. The Morgan fingerprint density at radius 1 is 1.38 bits per heavy atom. The van der Waals surface area contributed by atoms with Gasteiger partial charge in [0.1, 0.15) is 0 Å². The van der Waals surface area contributed by atoms with Gasteiger partial charge in [-0.15, -0.1) is 0 Å². The highest BCUT2D eigenvalue weighted by atomic mass is 16.5. The van der Waals surface area contributed by atoms with Crippen LogP contribution in [0.1, 0.15) is 26.7 Å². The maximum atomic E-state index is 5.48. The Morgan fingerprint density at radius 3 is 2.85 bits per heavy atom. The molecule has 1 fully saturated rings. The van der Waals surface area contributed by atoms with Crippen molar-refractivity contribution < 1.29 is 9.47 Å². The van der Waals surface area contributed by atoms with Crippen LogP contribution >= 0.6 is 0 Å². The normalized spacial score (nSPS) is 22.8. The number of rotatable bonds is 6. The van der Waals surface area contributed by atoms with Gasteiger partial charge in [-0.2, -0.15) is 0 Å². The SMILES string of the molecule is CC(C)OCCOC[C@@H]1CCCN1. The van der Waals surface area contributed by atoms with Crippen molar-refractivity contribution in [1.82, 2.24) is 5.32 Å². The van der Waals surface area contributed by atoms with Crippen LogP contribution in [-0.4, -0.2) is 38.5 Å². The molecule has 13 heavy (non-hydrogen) atoms. The number of hydrogen-bond acceptors (Lipinski definition) is 3. The lowest BCUT2D eigenvalue weighted by molar-refractivity contribution is 0.0151. The Bertz CT molecular complexity index is 122. The second-order valence-corrected chi connectivity index (χ2v) is 3.79. The van der Waals surface area contributed by atoms with Gasteiger partial charge in [-0.1, -0.05) is 0 Å². The maximum absolute atomic E-state index is 5.48. The van der Waals surface area contributed by atoms with Crippen LogP contribution in [0, 0.1) is 0 Å². The van der Waals surface area contributed by atoms with Crippen molar-refractivity contribution in [2.24, 2.45) is 0 Å². The molecule has 1 saturated heterocycles. The fourth-order valence-corrected chi connectivity index (χ4v) is 1.47. The molecule has 1 aliphatic rings. The Kier molecular flexibility index (Phi) is 5.35. The Morgan fingerprint density at radius 2 is 2.23 bits per heavy atom. The van der Waals surface area contributed by atoms with Gasteiger partial charge in [0.25, 0.3) is 0 Å². The fraction of sp³-hybridized carbons (Fsp3) is 1.00. The molecule has 3 nitrogen and oxygen atoms in total. The largest absolute Gasteiger partial charge is 0.377 e. The summed E-state index contributed by atoms with van der Waals surface area (Å²) in [6, 6.07) is 0.582. The molecule has 0 aromatic rings. The summed E-state index contributed by atoms with van der Waals surface area (Å²) in [6.45, 7) is 7.50. The summed E-state index contributed by atoms with van der Waals surface area (Å²) >= 11 is 0. The first-order valence-corrected chi connectivity index (χ1v) is 5.22.